The molecule has 1 aromatic heterocycles. The topological polar surface area (TPSA) is 120 Å². The summed E-state index contributed by atoms with van der Waals surface area (Å²) in [6.45, 7) is 1.44. The minimum Gasteiger partial charge on any atom is -0.473 e. The van der Waals surface area contributed by atoms with Crippen LogP contribution in [-0.4, -0.2) is 82.2 Å². The second-order valence-corrected chi connectivity index (χ2v) is 7.22. The summed E-state index contributed by atoms with van der Waals surface area (Å²) < 4.78 is 6.04. The monoisotopic (exact) mass is 393 g/mol. The van der Waals surface area contributed by atoms with Crippen LogP contribution < -0.4 is 4.74 Å². The Morgan fingerprint density at radius 3 is 2.43 bits per heavy atom. The number of aliphatic carboxylic acids is 2. The van der Waals surface area contributed by atoms with Crippen molar-refractivity contribution in [2.24, 2.45) is 0 Å². The summed E-state index contributed by atoms with van der Waals surface area (Å²) in [6, 6.07) is 3.99. The summed E-state index contributed by atoms with van der Waals surface area (Å²) in [7, 11) is 4.06. The lowest BCUT2D eigenvalue weighted by Gasteiger charge is -2.35. The van der Waals surface area contributed by atoms with Crippen LogP contribution in [0.2, 0.25) is 0 Å². The molecular formula is C19H27N3O6. The van der Waals surface area contributed by atoms with E-state index in [9.17, 15) is 4.79 Å². The van der Waals surface area contributed by atoms with Crippen LogP contribution >= 0.6 is 0 Å². The van der Waals surface area contributed by atoms with Gasteiger partial charge in [-0.1, -0.05) is 19.3 Å². The molecule has 0 radical (unpaired) electrons. The van der Waals surface area contributed by atoms with Gasteiger partial charge < -0.3 is 24.7 Å². The first-order chi connectivity index (χ1) is 13.3. The Morgan fingerprint density at radius 2 is 1.86 bits per heavy atom. The number of ether oxygens (including phenoxy) is 1. The molecule has 0 saturated heterocycles. The van der Waals surface area contributed by atoms with Gasteiger partial charge >= 0.3 is 11.9 Å². The molecule has 2 aliphatic rings. The summed E-state index contributed by atoms with van der Waals surface area (Å²) in [5.74, 6) is -3.08. The van der Waals surface area contributed by atoms with Crippen LogP contribution in [0.3, 0.4) is 0 Å². The largest absolute Gasteiger partial charge is 0.473 e. The average Bonchev–Trinajstić information content (AvgIpc) is 2.79. The Morgan fingerprint density at radius 1 is 1.21 bits per heavy atom. The minimum atomic E-state index is -1.82. The number of hydrogen-bond acceptors (Lipinski definition) is 6. The van der Waals surface area contributed by atoms with E-state index in [1.165, 1.54) is 19.3 Å². The van der Waals surface area contributed by atoms with Crippen LogP contribution in [0.25, 0.3) is 0 Å². The second kappa shape index (κ2) is 10.0. The molecule has 1 aromatic rings. The van der Waals surface area contributed by atoms with Gasteiger partial charge in [-0.2, -0.15) is 0 Å². The van der Waals surface area contributed by atoms with Crippen LogP contribution in [0, 0.1) is 0 Å². The van der Waals surface area contributed by atoms with Gasteiger partial charge in [0.2, 0.25) is 5.88 Å². The average molecular weight is 393 g/mol. The van der Waals surface area contributed by atoms with Crippen LogP contribution in [0.1, 0.15) is 42.5 Å². The number of amides is 1. The second-order valence-electron chi connectivity index (χ2n) is 7.22. The molecule has 1 fully saturated rings. The number of rotatable bonds is 3. The molecule has 0 spiro atoms. The highest BCUT2D eigenvalue weighted by Crippen LogP contribution is 2.29. The number of carbonyl (C=O) groups excluding carboxylic acids is 1. The molecule has 9 heteroatoms. The fraction of sp³-hybridized carbons (Fsp3) is 0.579. The number of likely N-dealkylation sites (N-methyl/N-ethyl adjacent to an activating group) is 1. The van der Waals surface area contributed by atoms with Gasteiger partial charge in [-0.05, 0) is 39.1 Å². The molecule has 1 amide bonds. The Kier molecular flexibility index (Phi) is 7.74. The number of carbonyl (C=O) groups is 3. The minimum absolute atomic E-state index is 0.0305. The van der Waals surface area contributed by atoms with E-state index in [0.29, 0.717) is 24.0 Å². The van der Waals surface area contributed by atoms with Gasteiger partial charge in [0, 0.05) is 18.8 Å². The Labute approximate surface area is 163 Å². The number of hydrogen-bond donors (Lipinski definition) is 2. The van der Waals surface area contributed by atoms with E-state index in [1.54, 1.807) is 6.20 Å². The number of pyridine rings is 1. The molecule has 1 saturated carbocycles. The lowest BCUT2D eigenvalue weighted by molar-refractivity contribution is -0.159. The zero-order valence-electron chi connectivity index (χ0n) is 16.2. The van der Waals surface area contributed by atoms with Crippen LogP contribution in [-0.2, 0) is 9.59 Å². The van der Waals surface area contributed by atoms with Crippen LogP contribution in [0.15, 0.2) is 18.3 Å². The van der Waals surface area contributed by atoms with E-state index in [0.717, 1.165) is 19.4 Å². The van der Waals surface area contributed by atoms with Gasteiger partial charge in [0.1, 0.15) is 11.7 Å². The third-order valence-corrected chi connectivity index (χ3v) is 4.71. The maximum Gasteiger partial charge on any atom is 0.414 e. The summed E-state index contributed by atoms with van der Waals surface area (Å²) >= 11 is 0. The maximum absolute atomic E-state index is 13.0. The Hall–Kier alpha value is -2.68. The van der Waals surface area contributed by atoms with E-state index in [1.807, 2.05) is 31.1 Å². The van der Waals surface area contributed by atoms with Gasteiger partial charge in [-0.25, -0.2) is 14.6 Å². The van der Waals surface area contributed by atoms with Crippen molar-refractivity contribution >= 4 is 17.8 Å². The fourth-order valence-electron chi connectivity index (χ4n) is 3.51. The number of nitrogens with zero attached hydrogens (tertiary/aromatic N) is 3. The molecule has 2 heterocycles. The van der Waals surface area contributed by atoms with Gasteiger partial charge in [-0.3, -0.25) is 4.79 Å². The highest BCUT2D eigenvalue weighted by atomic mass is 16.5. The zero-order chi connectivity index (χ0) is 20.7. The SMILES string of the molecule is CN(C)CC1CN(C2CCCCC2)C(=O)c2cccnc2O1.O=C(O)C(=O)O. The van der Waals surface area contributed by atoms with E-state index in [2.05, 4.69) is 9.88 Å². The lowest BCUT2D eigenvalue weighted by Crippen LogP contribution is -2.47. The number of aromatic nitrogens is 1. The molecule has 0 aromatic carbocycles. The van der Waals surface area contributed by atoms with E-state index >= 15 is 0 Å². The first kappa shape index (κ1) is 21.6. The van der Waals surface area contributed by atoms with Crippen molar-refractivity contribution < 1.29 is 29.3 Å². The summed E-state index contributed by atoms with van der Waals surface area (Å²) in [4.78, 5) is 39.6. The molecule has 28 heavy (non-hydrogen) atoms. The number of fused-ring (bicyclic) bond motifs is 1. The Bertz CT molecular complexity index is 691. The van der Waals surface area contributed by atoms with Gasteiger partial charge in [-0.15, -0.1) is 0 Å². The lowest BCUT2D eigenvalue weighted by atomic mass is 9.93. The predicted octanol–water partition coefficient (Wildman–Crippen LogP) is 1.33. The van der Waals surface area contributed by atoms with Crippen molar-refractivity contribution in [3.8, 4) is 5.88 Å². The summed E-state index contributed by atoms with van der Waals surface area (Å²) in [5.41, 5.74) is 0.606. The molecule has 1 unspecified atom stereocenters. The van der Waals surface area contributed by atoms with E-state index < -0.39 is 11.9 Å². The summed E-state index contributed by atoms with van der Waals surface area (Å²) in [5, 5.41) is 14.8. The highest BCUT2D eigenvalue weighted by Gasteiger charge is 2.34. The third kappa shape index (κ3) is 5.91. The molecule has 1 aliphatic heterocycles. The van der Waals surface area contributed by atoms with Crippen molar-refractivity contribution in [3.05, 3.63) is 23.9 Å². The Balaban J connectivity index is 0.000000409. The molecular weight excluding hydrogens is 366 g/mol. The predicted molar refractivity (Wildman–Crippen MR) is 100 cm³/mol. The van der Waals surface area contributed by atoms with E-state index in [4.69, 9.17) is 24.5 Å². The van der Waals surface area contributed by atoms with Crippen LogP contribution in [0.4, 0.5) is 0 Å². The quantitative estimate of drug-likeness (QED) is 0.738. The molecule has 1 atom stereocenters. The van der Waals surface area contributed by atoms with Crippen molar-refractivity contribution in [1.29, 1.82) is 0 Å². The van der Waals surface area contributed by atoms with Gasteiger partial charge in [0.25, 0.3) is 5.91 Å². The first-order valence-electron chi connectivity index (χ1n) is 9.33. The molecule has 0 bridgehead atoms. The van der Waals surface area contributed by atoms with Crippen molar-refractivity contribution in [2.45, 2.75) is 44.2 Å². The number of carboxylic acid groups (broad SMARTS) is 2. The highest BCUT2D eigenvalue weighted by molar-refractivity contribution is 6.27. The summed E-state index contributed by atoms with van der Waals surface area (Å²) in [6.07, 6.45) is 7.59. The van der Waals surface area contributed by atoms with Gasteiger partial charge in [0.05, 0.1) is 6.54 Å². The van der Waals surface area contributed by atoms with Gasteiger partial charge in [0.15, 0.2) is 0 Å². The first-order valence-corrected chi connectivity index (χ1v) is 9.33. The van der Waals surface area contributed by atoms with Crippen molar-refractivity contribution in [1.82, 2.24) is 14.8 Å². The number of carboxylic acids is 2. The maximum atomic E-state index is 13.0. The van der Waals surface area contributed by atoms with Crippen molar-refractivity contribution in [3.63, 3.8) is 0 Å². The third-order valence-electron chi connectivity index (χ3n) is 4.71. The molecule has 1 aliphatic carbocycles. The fourth-order valence-corrected chi connectivity index (χ4v) is 3.51. The standard InChI is InChI=1S/C17H25N3O2.C2H2O4/c1-19(2)11-14-12-20(13-7-4-3-5-8-13)17(21)15-9-6-10-18-16(15)22-14;3-1(4)2(5)6/h6,9-10,13-14H,3-5,7-8,11-12H2,1-2H3;(H,3,4)(H,5,6). The molecule has 2 N–H and O–H groups in total. The molecule has 154 valence electrons. The van der Waals surface area contributed by atoms with Crippen molar-refractivity contribution in [2.75, 3.05) is 27.2 Å². The van der Waals surface area contributed by atoms with E-state index in [-0.39, 0.29) is 12.0 Å². The normalized spacial score (nSPS) is 19.8. The zero-order valence-corrected chi connectivity index (χ0v) is 16.2. The molecule has 3 rings (SSSR count). The van der Waals surface area contributed by atoms with Crippen LogP contribution in [0.5, 0.6) is 5.88 Å². The molecule has 9 nitrogen and oxygen atoms in total. The smallest absolute Gasteiger partial charge is 0.414 e.